The Kier molecular flexibility index (Phi) is 3.41. The fraction of sp³-hybridized carbons (Fsp3) is 0.462. The molecule has 1 unspecified atom stereocenters. The normalized spacial score (nSPS) is 23.1. The van der Waals surface area contributed by atoms with Crippen molar-refractivity contribution < 1.29 is 23.1 Å². The van der Waals surface area contributed by atoms with Crippen LogP contribution in [0.25, 0.3) is 0 Å². The molecule has 110 valence electrons. The number of carbonyl (C=O) groups is 1. The van der Waals surface area contributed by atoms with Gasteiger partial charge in [0.1, 0.15) is 0 Å². The molecule has 1 aromatic rings. The molecule has 2 rings (SSSR count). The van der Waals surface area contributed by atoms with Crippen molar-refractivity contribution in [1.29, 1.82) is 0 Å². The molecule has 0 aliphatic carbocycles. The number of alkyl halides is 3. The number of hydrogen-bond donors (Lipinski definition) is 2. The first-order chi connectivity index (χ1) is 9.14. The number of amides is 1. The molecule has 20 heavy (non-hydrogen) atoms. The van der Waals surface area contributed by atoms with Crippen molar-refractivity contribution in [3.8, 4) is 0 Å². The van der Waals surface area contributed by atoms with Crippen LogP contribution in [0.2, 0.25) is 0 Å². The van der Waals surface area contributed by atoms with Crippen LogP contribution in [0.4, 0.5) is 18.9 Å². The fourth-order valence-corrected chi connectivity index (χ4v) is 2.24. The third kappa shape index (κ3) is 2.45. The van der Waals surface area contributed by atoms with E-state index in [2.05, 4.69) is 0 Å². The molecule has 0 bridgehead atoms. The molecule has 1 aliphatic heterocycles. The van der Waals surface area contributed by atoms with Gasteiger partial charge in [0, 0.05) is 24.2 Å². The van der Waals surface area contributed by atoms with Crippen LogP contribution in [0.15, 0.2) is 18.2 Å². The zero-order valence-corrected chi connectivity index (χ0v) is 10.9. The quantitative estimate of drug-likeness (QED) is 0.773. The summed E-state index contributed by atoms with van der Waals surface area (Å²) in [5.74, 6) is -0.546. The number of nitrogen functional groups attached to an aromatic ring is 1. The summed E-state index contributed by atoms with van der Waals surface area (Å²) >= 11 is 0. The van der Waals surface area contributed by atoms with E-state index in [1.165, 1.54) is 6.07 Å². The van der Waals surface area contributed by atoms with E-state index >= 15 is 0 Å². The summed E-state index contributed by atoms with van der Waals surface area (Å²) in [5.41, 5.74) is 4.02. The highest BCUT2D eigenvalue weighted by Crippen LogP contribution is 2.38. The molecular weight excluding hydrogens is 273 g/mol. The molecule has 0 radical (unpaired) electrons. The molecule has 0 saturated carbocycles. The number of hydrogen-bond acceptors (Lipinski definition) is 3. The van der Waals surface area contributed by atoms with E-state index in [4.69, 9.17) is 5.73 Å². The van der Waals surface area contributed by atoms with Crippen LogP contribution in [0.5, 0.6) is 0 Å². The van der Waals surface area contributed by atoms with E-state index in [1.807, 2.05) is 0 Å². The Bertz CT molecular complexity index is 545. The van der Waals surface area contributed by atoms with E-state index in [9.17, 15) is 23.1 Å². The predicted octanol–water partition coefficient (Wildman–Crippen LogP) is 1.72. The van der Waals surface area contributed by atoms with Gasteiger partial charge in [-0.15, -0.1) is 0 Å². The minimum absolute atomic E-state index is 0.136. The van der Waals surface area contributed by atoms with Crippen LogP contribution in [0.1, 0.15) is 22.3 Å². The summed E-state index contributed by atoms with van der Waals surface area (Å²) in [4.78, 5) is 13.2. The molecule has 1 aliphatic rings. The van der Waals surface area contributed by atoms with Gasteiger partial charge in [0.2, 0.25) is 0 Å². The lowest BCUT2D eigenvalue weighted by Crippen LogP contribution is -2.48. The van der Waals surface area contributed by atoms with Crippen molar-refractivity contribution in [2.75, 3.05) is 18.8 Å². The number of benzene rings is 1. The predicted molar refractivity (Wildman–Crippen MR) is 67.1 cm³/mol. The van der Waals surface area contributed by atoms with E-state index in [1.54, 1.807) is 19.1 Å². The average molecular weight is 288 g/mol. The molecule has 0 aromatic heterocycles. The monoisotopic (exact) mass is 288 g/mol. The second-order valence-corrected chi connectivity index (χ2v) is 5.08. The third-order valence-corrected chi connectivity index (χ3v) is 3.55. The Morgan fingerprint density at radius 2 is 2.10 bits per heavy atom. The van der Waals surface area contributed by atoms with Gasteiger partial charge in [0.25, 0.3) is 5.91 Å². The highest BCUT2D eigenvalue weighted by Gasteiger charge is 2.57. The molecule has 1 atom stereocenters. The molecule has 7 heteroatoms. The zero-order chi connectivity index (χ0) is 15.1. The number of nitrogens with zero attached hydrogens (tertiary/aromatic N) is 1. The van der Waals surface area contributed by atoms with Crippen molar-refractivity contribution in [2.45, 2.75) is 25.1 Å². The first kappa shape index (κ1) is 14.6. The van der Waals surface area contributed by atoms with Gasteiger partial charge in [-0.25, -0.2) is 0 Å². The maximum absolute atomic E-state index is 12.7. The number of halogens is 3. The minimum Gasteiger partial charge on any atom is -0.399 e. The first-order valence-corrected chi connectivity index (χ1v) is 6.08. The van der Waals surface area contributed by atoms with Crippen LogP contribution in [0.3, 0.4) is 0 Å². The van der Waals surface area contributed by atoms with Gasteiger partial charge in [-0.1, -0.05) is 6.07 Å². The van der Waals surface area contributed by atoms with Gasteiger partial charge < -0.3 is 15.7 Å². The van der Waals surface area contributed by atoms with Gasteiger partial charge in [0.05, 0.1) is 6.54 Å². The molecule has 0 spiro atoms. The third-order valence-electron chi connectivity index (χ3n) is 3.55. The molecule has 3 N–H and O–H groups in total. The van der Waals surface area contributed by atoms with Gasteiger partial charge >= 0.3 is 6.18 Å². The molecule has 1 amide bonds. The Balaban J connectivity index is 2.22. The van der Waals surface area contributed by atoms with E-state index < -0.39 is 30.7 Å². The maximum Gasteiger partial charge on any atom is 0.419 e. The van der Waals surface area contributed by atoms with Crippen molar-refractivity contribution >= 4 is 11.6 Å². The molecule has 1 heterocycles. The number of aryl methyl sites for hydroxylation is 1. The summed E-state index contributed by atoms with van der Waals surface area (Å²) in [6.45, 7) is 0.797. The molecule has 1 fully saturated rings. The van der Waals surface area contributed by atoms with Crippen LogP contribution in [-0.2, 0) is 0 Å². The summed E-state index contributed by atoms with van der Waals surface area (Å²) in [6, 6.07) is 4.68. The van der Waals surface area contributed by atoms with E-state index in [0.29, 0.717) is 11.3 Å². The van der Waals surface area contributed by atoms with Crippen molar-refractivity contribution in [3.63, 3.8) is 0 Å². The Hall–Kier alpha value is -1.76. The fourth-order valence-electron chi connectivity index (χ4n) is 2.24. The van der Waals surface area contributed by atoms with Crippen molar-refractivity contribution in [2.24, 2.45) is 0 Å². The van der Waals surface area contributed by atoms with Gasteiger partial charge in [-0.2, -0.15) is 13.2 Å². The lowest BCUT2D eigenvalue weighted by atomic mass is 10.0. The highest BCUT2D eigenvalue weighted by atomic mass is 19.4. The SMILES string of the molecule is Cc1ccc(N)cc1C(=O)N1CCC(O)(C(F)(F)F)C1. The van der Waals surface area contributed by atoms with Gasteiger partial charge in [0.15, 0.2) is 5.60 Å². The van der Waals surface area contributed by atoms with Crippen molar-refractivity contribution in [1.82, 2.24) is 4.90 Å². The van der Waals surface area contributed by atoms with Crippen molar-refractivity contribution in [3.05, 3.63) is 29.3 Å². The van der Waals surface area contributed by atoms with E-state index in [-0.39, 0.29) is 12.1 Å². The molecule has 4 nitrogen and oxygen atoms in total. The number of aliphatic hydroxyl groups is 1. The summed E-state index contributed by atoms with van der Waals surface area (Å²) in [6.07, 6.45) is -5.25. The number of nitrogens with two attached hydrogens (primary N) is 1. The highest BCUT2D eigenvalue weighted by molar-refractivity contribution is 5.96. The average Bonchev–Trinajstić information content (AvgIpc) is 2.75. The van der Waals surface area contributed by atoms with Crippen LogP contribution in [0, 0.1) is 6.92 Å². The second kappa shape index (κ2) is 4.66. The number of rotatable bonds is 1. The number of β-amino-alcohol motifs (C(OH)–C–C–N with tert-alkyl or cyclic N) is 1. The summed E-state index contributed by atoms with van der Waals surface area (Å²) in [5, 5.41) is 9.57. The van der Waals surface area contributed by atoms with Crippen LogP contribution >= 0.6 is 0 Å². The maximum atomic E-state index is 12.7. The largest absolute Gasteiger partial charge is 0.419 e. The molecular formula is C13H15F3N2O2. The number of anilines is 1. The van der Waals surface area contributed by atoms with E-state index in [0.717, 1.165) is 4.90 Å². The Labute approximate surface area is 114 Å². The molecule has 1 saturated heterocycles. The smallest absolute Gasteiger partial charge is 0.399 e. The minimum atomic E-state index is -4.74. The Morgan fingerprint density at radius 3 is 2.65 bits per heavy atom. The zero-order valence-electron chi connectivity index (χ0n) is 10.9. The van der Waals surface area contributed by atoms with Gasteiger partial charge in [-0.3, -0.25) is 4.79 Å². The number of likely N-dealkylation sites (tertiary alicyclic amines) is 1. The lowest BCUT2D eigenvalue weighted by Gasteiger charge is -2.26. The summed E-state index contributed by atoms with van der Waals surface area (Å²) < 4.78 is 38.2. The number of carbonyl (C=O) groups excluding carboxylic acids is 1. The topological polar surface area (TPSA) is 66.6 Å². The standard InChI is InChI=1S/C13H15F3N2O2/c1-8-2-3-9(17)6-10(8)11(19)18-5-4-12(20,7-18)13(14,15)16/h2-3,6,20H,4-5,7,17H2,1H3. The van der Waals surface area contributed by atoms with Gasteiger partial charge in [-0.05, 0) is 24.6 Å². The second-order valence-electron chi connectivity index (χ2n) is 5.08. The summed E-state index contributed by atoms with van der Waals surface area (Å²) in [7, 11) is 0. The molecule has 1 aromatic carbocycles. The van der Waals surface area contributed by atoms with Crippen LogP contribution in [-0.4, -0.2) is 40.8 Å². The lowest BCUT2D eigenvalue weighted by molar-refractivity contribution is -0.253. The Morgan fingerprint density at radius 1 is 1.45 bits per heavy atom. The first-order valence-electron chi connectivity index (χ1n) is 6.08. The van der Waals surface area contributed by atoms with Crippen LogP contribution < -0.4 is 5.73 Å².